The topological polar surface area (TPSA) is 147 Å². The van der Waals surface area contributed by atoms with Crippen molar-refractivity contribution in [2.75, 3.05) is 25.1 Å². The number of piperidine rings is 1. The van der Waals surface area contributed by atoms with Crippen molar-refractivity contribution >= 4 is 37.8 Å². The molecular formula is C24H28N6O4S. The Bertz CT molecular complexity index is 1510. The van der Waals surface area contributed by atoms with Gasteiger partial charge in [0.15, 0.2) is 5.82 Å². The van der Waals surface area contributed by atoms with Crippen molar-refractivity contribution < 1.29 is 18.6 Å². The van der Waals surface area contributed by atoms with E-state index in [1.807, 2.05) is 28.8 Å². The van der Waals surface area contributed by atoms with E-state index < -0.39 is 10.0 Å². The standard InChI is InChI=1S/C24H28N6O4S/c1-35(33,34)29-6-4-15(5-7-29)12-30-21(14-32)28-22-23(30)19-3-2-17(9-20(19)27-24(22)25)18-8-16(13-31)10-26-11-18/h2-3,8-11,15,31-32H,4-7,12-14H2,1H3,(H2,25,27). The van der Waals surface area contributed by atoms with Crippen molar-refractivity contribution in [2.45, 2.75) is 32.6 Å². The molecule has 1 fully saturated rings. The van der Waals surface area contributed by atoms with Crippen molar-refractivity contribution in [3.05, 3.63) is 48.0 Å². The maximum absolute atomic E-state index is 11.9. The summed E-state index contributed by atoms with van der Waals surface area (Å²) in [4.78, 5) is 13.4. The Hall–Kier alpha value is -3.12. The van der Waals surface area contributed by atoms with Gasteiger partial charge in [0.25, 0.3) is 0 Å². The van der Waals surface area contributed by atoms with Gasteiger partial charge in [-0.05, 0) is 42.0 Å². The van der Waals surface area contributed by atoms with Gasteiger partial charge >= 0.3 is 0 Å². The third kappa shape index (κ3) is 4.47. The third-order valence-electron chi connectivity index (χ3n) is 6.72. The number of nitrogens with zero attached hydrogens (tertiary/aromatic N) is 5. The Balaban J connectivity index is 1.56. The minimum atomic E-state index is -3.19. The van der Waals surface area contributed by atoms with Crippen LogP contribution in [-0.4, -0.2) is 61.8 Å². The van der Waals surface area contributed by atoms with Gasteiger partial charge < -0.3 is 20.5 Å². The number of nitrogens with two attached hydrogens (primary N) is 1. The molecule has 10 nitrogen and oxygen atoms in total. The van der Waals surface area contributed by atoms with Gasteiger partial charge in [-0.3, -0.25) is 4.98 Å². The van der Waals surface area contributed by atoms with E-state index in [0.717, 1.165) is 40.4 Å². The molecule has 1 aliphatic rings. The van der Waals surface area contributed by atoms with E-state index in [-0.39, 0.29) is 24.9 Å². The number of nitrogen functional groups attached to an aromatic ring is 1. The number of fused-ring (bicyclic) bond motifs is 3. The predicted molar refractivity (Wildman–Crippen MR) is 134 cm³/mol. The summed E-state index contributed by atoms with van der Waals surface area (Å²) in [7, 11) is -3.19. The zero-order valence-electron chi connectivity index (χ0n) is 19.4. The summed E-state index contributed by atoms with van der Waals surface area (Å²) in [5, 5.41) is 20.4. The minimum Gasteiger partial charge on any atom is -0.392 e. The van der Waals surface area contributed by atoms with E-state index in [0.29, 0.717) is 36.5 Å². The first kappa shape index (κ1) is 23.6. The van der Waals surface area contributed by atoms with Gasteiger partial charge in [-0.25, -0.2) is 22.7 Å². The predicted octanol–water partition coefficient (Wildman–Crippen LogP) is 1.88. The minimum absolute atomic E-state index is 0.0908. The van der Waals surface area contributed by atoms with Crippen LogP contribution in [0.15, 0.2) is 36.7 Å². The summed E-state index contributed by atoms with van der Waals surface area (Å²) >= 11 is 0. The average Bonchev–Trinajstić information content (AvgIpc) is 3.22. The monoisotopic (exact) mass is 496 g/mol. The summed E-state index contributed by atoms with van der Waals surface area (Å²) in [6.45, 7) is 1.24. The zero-order chi connectivity index (χ0) is 24.7. The van der Waals surface area contributed by atoms with E-state index in [9.17, 15) is 18.6 Å². The first-order chi connectivity index (χ1) is 16.8. The Kier molecular flexibility index (Phi) is 6.18. The Labute approximate surface area is 203 Å². The SMILES string of the molecule is CS(=O)(=O)N1CCC(Cn2c(CO)nc3c(N)nc4cc(-c5cncc(CO)c5)ccc4c32)CC1. The summed E-state index contributed by atoms with van der Waals surface area (Å²) in [5.74, 6) is 1.04. The third-order valence-corrected chi connectivity index (χ3v) is 8.02. The zero-order valence-corrected chi connectivity index (χ0v) is 20.2. The van der Waals surface area contributed by atoms with Crippen LogP contribution >= 0.6 is 0 Å². The molecule has 0 aliphatic carbocycles. The Morgan fingerprint density at radius 1 is 1.06 bits per heavy atom. The molecule has 0 atom stereocenters. The molecule has 184 valence electrons. The summed E-state index contributed by atoms with van der Waals surface area (Å²) < 4.78 is 27.3. The molecular weight excluding hydrogens is 468 g/mol. The molecule has 0 saturated carbocycles. The maximum atomic E-state index is 11.9. The molecule has 5 rings (SSSR count). The van der Waals surface area contributed by atoms with Crippen molar-refractivity contribution in [1.29, 1.82) is 0 Å². The van der Waals surface area contributed by atoms with Gasteiger partial charge in [-0.15, -0.1) is 0 Å². The van der Waals surface area contributed by atoms with Gasteiger partial charge in [0.1, 0.15) is 17.9 Å². The summed E-state index contributed by atoms with van der Waals surface area (Å²) in [6, 6.07) is 7.76. The Morgan fingerprint density at radius 2 is 1.83 bits per heavy atom. The molecule has 0 amide bonds. The molecule has 1 aliphatic heterocycles. The Morgan fingerprint density at radius 3 is 2.51 bits per heavy atom. The van der Waals surface area contributed by atoms with E-state index >= 15 is 0 Å². The molecule has 0 radical (unpaired) electrons. The fraction of sp³-hybridized carbons (Fsp3) is 0.375. The number of anilines is 1. The number of hydrogen-bond donors (Lipinski definition) is 3. The van der Waals surface area contributed by atoms with Crippen LogP contribution in [0.5, 0.6) is 0 Å². The second kappa shape index (κ2) is 9.15. The van der Waals surface area contributed by atoms with Gasteiger partial charge in [0, 0.05) is 43.0 Å². The number of aliphatic hydroxyl groups excluding tert-OH is 2. The normalized spacial score (nSPS) is 15.9. The molecule has 1 saturated heterocycles. The highest BCUT2D eigenvalue weighted by molar-refractivity contribution is 7.88. The highest BCUT2D eigenvalue weighted by atomic mass is 32.2. The molecule has 4 heterocycles. The number of pyridine rings is 2. The molecule has 35 heavy (non-hydrogen) atoms. The van der Waals surface area contributed by atoms with E-state index in [4.69, 9.17) is 5.73 Å². The van der Waals surface area contributed by atoms with Crippen molar-refractivity contribution in [3.63, 3.8) is 0 Å². The van der Waals surface area contributed by atoms with E-state index in [2.05, 4.69) is 15.0 Å². The first-order valence-electron chi connectivity index (χ1n) is 11.5. The fourth-order valence-corrected chi connectivity index (χ4v) is 5.74. The van der Waals surface area contributed by atoms with Crippen molar-refractivity contribution in [1.82, 2.24) is 23.8 Å². The number of rotatable bonds is 6. The molecule has 0 unspecified atom stereocenters. The van der Waals surface area contributed by atoms with Crippen LogP contribution in [0, 0.1) is 5.92 Å². The largest absolute Gasteiger partial charge is 0.392 e. The van der Waals surface area contributed by atoms with Crippen LogP contribution < -0.4 is 5.73 Å². The number of imidazole rings is 1. The van der Waals surface area contributed by atoms with Crippen LogP contribution in [0.4, 0.5) is 5.82 Å². The van der Waals surface area contributed by atoms with Gasteiger partial charge in [0.2, 0.25) is 10.0 Å². The molecule has 4 N–H and O–H groups in total. The molecule has 11 heteroatoms. The summed E-state index contributed by atoms with van der Waals surface area (Å²) in [6.07, 6.45) is 6.06. The van der Waals surface area contributed by atoms with Crippen LogP contribution in [0.1, 0.15) is 24.2 Å². The summed E-state index contributed by atoms with van der Waals surface area (Å²) in [5.41, 5.74) is 10.8. The molecule has 4 aromatic rings. The van der Waals surface area contributed by atoms with Gasteiger partial charge in [-0.2, -0.15) is 0 Å². The average molecular weight is 497 g/mol. The van der Waals surface area contributed by atoms with Gasteiger partial charge in [-0.1, -0.05) is 12.1 Å². The van der Waals surface area contributed by atoms with Crippen LogP contribution in [0.25, 0.3) is 33.1 Å². The van der Waals surface area contributed by atoms with Crippen LogP contribution in [-0.2, 0) is 29.8 Å². The number of benzene rings is 1. The highest BCUT2D eigenvalue weighted by Gasteiger charge is 2.27. The lowest BCUT2D eigenvalue weighted by Crippen LogP contribution is -2.38. The van der Waals surface area contributed by atoms with Crippen molar-refractivity contribution in [3.8, 4) is 11.1 Å². The molecule has 3 aromatic heterocycles. The maximum Gasteiger partial charge on any atom is 0.211 e. The number of aliphatic hydroxyl groups is 2. The first-order valence-corrected chi connectivity index (χ1v) is 13.3. The number of aromatic nitrogens is 4. The smallest absolute Gasteiger partial charge is 0.211 e. The fourth-order valence-electron chi connectivity index (χ4n) is 4.87. The second-order valence-electron chi connectivity index (χ2n) is 9.07. The molecule has 0 spiro atoms. The highest BCUT2D eigenvalue weighted by Crippen LogP contribution is 2.33. The second-order valence-corrected chi connectivity index (χ2v) is 11.1. The van der Waals surface area contributed by atoms with E-state index in [1.54, 1.807) is 12.4 Å². The lowest BCUT2D eigenvalue weighted by molar-refractivity contribution is 0.238. The molecule has 0 bridgehead atoms. The lowest BCUT2D eigenvalue weighted by atomic mass is 9.97. The lowest BCUT2D eigenvalue weighted by Gasteiger charge is -2.30. The van der Waals surface area contributed by atoms with Crippen LogP contribution in [0.3, 0.4) is 0 Å². The van der Waals surface area contributed by atoms with Crippen molar-refractivity contribution in [2.24, 2.45) is 5.92 Å². The van der Waals surface area contributed by atoms with E-state index in [1.165, 1.54) is 10.6 Å². The quantitative estimate of drug-likeness (QED) is 0.367. The number of hydrogen-bond acceptors (Lipinski definition) is 8. The number of sulfonamides is 1. The van der Waals surface area contributed by atoms with Crippen LogP contribution in [0.2, 0.25) is 0 Å². The van der Waals surface area contributed by atoms with Gasteiger partial charge in [0.05, 0.1) is 23.9 Å². The molecule has 1 aromatic carbocycles.